The van der Waals surface area contributed by atoms with E-state index in [1.165, 1.54) is 96.3 Å². The molecule has 0 N–H and O–H groups in total. The molecule has 26 heavy (non-hydrogen) atoms. The molecule has 0 radical (unpaired) electrons. The molecule has 0 aromatic heterocycles. The minimum absolute atomic E-state index is 0.949. The van der Waals surface area contributed by atoms with Gasteiger partial charge in [0.2, 0.25) is 0 Å². The first-order chi connectivity index (χ1) is 12.8. The standard InChI is InChI=1S/C25H41N/c1-2-3-9-22-11-15-24(16-12-22)19-20-25-17-13-23(14-18-25)10-7-5-4-6-8-21-26/h4-6,8,22-25H,2-3,7,9-20H2,1H3/t22-,23?,24-,25?. The van der Waals surface area contributed by atoms with Crippen LogP contribution in [0.4, 0.5) is 0 Å². The van der Waals surface area contributed by atoms with Gasteiger partial charge >= 0.3 is 0 Å². The van der Waals surface area contributed by atoms with Crippen LogP contribution in [-0.4, -0.2) is 0 Å². The van der Waals surface area contributed by atoms with Crippen molar-refractivity contribution in [1.29, 1.82) is 5.26 Å². The maximum Gasteiger partial charge on any atom is 0.0912 e. The largest absolute Gasteiger partial charge is 0.193 e. The SMILES string of the molecule is CCCC[C@H]1CC[C@H](CCC2CCC(CCC=CC=CC#N)CC2)CC1. The summed E-state index contributed by atoms with van der Waals surface area (Å²) in [5, 5.41) is 8.45. The average Bonchev–Trinajstić information content (AvgIpc) is 2.69. The predicted molar refractivity (Wildman–Crippen MR) is 113 cm³/mol. The van der Waals surface area contributed by atoms with Gasteiger partial charge in [0.1, 0.15) is 0 Å². The third kappa shape index (κ3) is 8.57. The van der Waals surface area contributed by atoms with Gasteiger partial charge in [-0.25, -0.2) is 0 Å². The molecule has 0 aromatic carbocycles. The molecule has 1 nitrogen and oxygen atoms in total. The summed E-state index contributed by atoms with van der Waals surface area (Å²) in [4.78, 5) is 0. The van der Waals surface area contributed by atoms with E-state index in [4.69, 9.17) is 5.26 Å². The van der Waals surface area contributed by atoms with Crippen LogP contribution in [-0.2, 0) is 0 Å². The minimum atomic E-state index is 0.949. The van der Waals surface area contributed by atoms with Crippen molar-refractivity contribution in [2.75, 3.05) is 0 Å². The van der Waals surface area contributed by atoms with Gasteiger partial charge in [0.15, 0.2) is 0 Å². The number of unbranched alkanes of at least 4 members (excludes halogenated alkanes) is 1. The van der Waals surface area contributed by atoms with E-state index in [0.29, 0.717) is 0 Å². The van der Waals surface area contributed by atoms with Gasteiger partial charge in [0.05, 0.1) is 6.07 Å². The Morgan fingerprint density at radius 3 is 1.73 bits per heavy atom. The molecule has 1 heteroatoms. The van der Waals surface area contributed by atoms with E-state index >= 15 is 0 Å². The van der Waals surface area contributed by atoms with E-state index in [1.807, 2.05) is 18.2 Å². The quantitative estimate of drug-likeness (QED) is 0.288. The highest BCUT2D eigenvalue weighted by Gasteiger charge is 2.24. The minimum Gasteiger partial charge on any atom is -0.193 e. The fourth-order valence-corrected chi connectivity index (χ4v) is 5.19. The van der Waals surface area contributed by atoms with Crippen LogP contribution in [0.15, 0.2) is 24.3 Å². The van der Waals surface area contributed by atoms with E-state index in [2.05, 4.69) is 13.0 Å². The van der Waals surface area contributed by atoms with Gasteiger partial charge in [-0.3, -0.25) is 0 Å². The Morgan fingerprint density at radius 1 is 0.731 bits per heavy atom. The van der Waals surface area contributed by atoms with E-state index in [-0.39, 0.29) is 0 Å². The highest BCUT2D eigenvalue weighted by atomic mass is 14.3. The Bertz CT molecular complexity index is 439. The van der Waals surface area contributed by atoms with Crippen molar-refractivity contribution in [2.45, 2.75) is 103 Å². The number of nitriles is 1. The van der Waals surface area contributed by atoms with Crippen molar-refractivity contribution in [1.82, 2.24) is 0 Å². The molecule has 0 heterocycles. The van der Waals surface area contributed by atoms with Crippen LogP contribution >= 0.6 is 0 Å². The third-order valence-corrected chi connectivity index (χ3v) is 7.04. The summed E-state index contributed by atoms with van der Waals surface area (Å²) in [6.07, 6.45) is 29.4. The van der Waals surface area contributed by atoms with E-state index in [0.717, 1.165) is 23.7 Å². The summed E-state index contributed by atoms with van der Waals surface area (Å²) < 4.78 is 0. The lowest BCUT2D eigenvalue weighted by Gasteiger charge is -2.32. The van der Waals surface area contributed by atoms with Crippen molar-refractivity contribution in [3.8, 4) is 6.07 Å². The molecule has 0 bridgehead atoms. The Morgan fingerprint density at radius 2 is 1.23 bits per heavy atom. The lowest BCUT2D eigenvalue weighted by Crippen LogP contribution is -2.18. The van der Waals surface area contributed by atoms with Crippen molar-refractivity contribution in [2.24, 2.45) is 23.7 Å². The second-order valence-electron chi connectivity index (χ2n) is 8.99. The summed E-state index contributed by atoms with van der Waals surface area (Å²) in [5.41, 5.74) is 0. The first-order valence-corrected chi connectivity index (χ1v) is 11.5. The first kappa shape index (κ1) is 21.3. The van der Waals surface area contributed by atoms with Gasteiger partial charge in [0.25, 0.3) is 0 Å². The van der Waals surface area contributed by atoms with Crippen LogP contribution in [0, 0.1) is 35.0 Å². The highest BCUT2D eigenvalue weighted by Crippen LogP contribution is 2.38. The second kappa shape index (κ2) is 13.2. The van der Waals surface area contributed by atoms with Gasteiger partial charge in [0, 0.05) is 6.08 Å². The third-order valence-electron chi connectivity index (χ3n) is 7.04. The smallest absolute Gasteiger partial charge is 0.0912 e. The van der Waals surface area contributed by atoms with Crippen LogP contribution in [0.25, 0.3) is 0 Å². The Balaban J connectivity index is 1.51. The Kier molecular flexibility index (Phi) is 10.8. The molecule has 0 aromatic rings. The maximum absolute atomic E-state index is 8.45. The summed E-state index contributed by atoms with van der Waals surface area (Å²) >= 11 is 0. The molecule has 146 valence electrons. The first-order valence-electron chi connectivity index (χ1n) is 11.5. The molecular formula is C25H41N. The van der Waals surface area contributed by atoms with Crippen LogP contribution in [0.1, 0.15) is 103 Å². The maximum atomic E-state index is 8.45. The molecule has 2 aliphatic rings. The summed E-state index contributed by atoms with van der Waals surface area (Å²) in [5.74, 6) is 4.09. The molecular weight excluding hydrogens is 314 g/mol. The van der Waals surface area contributed by atoms with Gasteiger partial charge in [-0.2, -0.15) is 5.26 Å². The van der Waals surface area contributed by atoms with E-state index in [1.54, 1.807) is 6.08 Å². The van der Waals surface area contributed by atoms with Crippen molar-refractivity contribution in [3.05, 3.63) is 24.3 Å². The van der Waals surface area contributed by atoms with Crippen molar-refractivity contribution < 1.29 is 0 Å². The number of hydrogen-bond donors (Lipinski definition) is 0. The van der Waals surface area contributed by atoms with E-state index in [9.17, 15) is 0 Å². The molecule has 2 aliphatic carbocycles. The molecule has 0 amide bonds. The number of allylic oxidation sites excluding steroid dienone is 4. The van der Waals surface area contributed by atoms with Crippen molar-refractivity contribution in [3.63, 3.8) is 0 Å². The number of hydrogen-bond acceptors (Lipinski definition) is 1. The van der Waals surface area contributed by atoms with Gasteiger partial charge in [-0.05, 0) is 36.5 Å². The highest BCUT2D eigenvalue weighted by molar-refractivity contribution is 5.11. The van der Waals surface area contributed by atoms with Gasteiger partial charge in [-0.15, -0.1) is 0 Å². The van der Waals surface area contributed by atoms with Crippen molar-refractivity contribution >= 4 is 0 Å². The topological polar surface area (TPSA) is 23.8 Å². The van der Waals surface area contributed by atoms with E-state index < -0.39 is 0 Å². The van der Waals surface area contributed by atoms with Gasteiger partial charge < -0.3 is 0 Å². The fraction of sp³-hybridized carbons (Fsp3) is 0.800. The Hall–Kier alpha value is -1.03. The molecule has 2 saturated carbocycles. The second-order valence-corrected chi connectivity index (χ2v) is 8.99. The molecule has 0 unspecified atom stereocenters. The predicted octanol–water partition coefficient (Wildman–Crippen LogP) is 7.99. The molecule has 0 spiro atoms. The molecule has 2 rings (SSSR count). The van der Waals surface area contributed by atoms with Crippen LogP contribution in [0.2, 0.25) is 0 Å². The zero-order valence-corrected chi connectivity index (χ0v) is 17.2. The number of rotatable bonds is 10. The zero-order valence-electron chi connectivity index (χ0n) is 17.2. The summed E-state index contributed by atoms with van der Waals surface area (Å²) in [6, 6.07) is 2.03. The molecule has 0 aliphatic heterocycles. The molecule has 2 fully saturated rings. The normalized spacial score (nSPS) is 30.0. The zero-order chi connectivity index (χ0) is 18.5. The number of nitrogens with zero attached hydrogens (tertiary/aromatic N) is 1. The Labute approximate surface area is 162 Å². The average molecular weight is 356 g/mol. The summed E-state index contributed by atoms with van der Waals surface area (Å²) in [7, 11) is 0. The summed E-state index contributed by atoms with van der Waals surface area (Å²) in [6.45, 7) is 2.32. The lowest BCUT2D eigenvalue weighted by molar-refractivity contribution is 0.209. The van der Waals surface area contributed by atoms with Crippen LogP contribution in [0.3, 0.4) is 0 Å². The fourth-order valence-electron chi connectivity index (χ4n) is 5.19. The van der Waals surface area contributed by atoms with Crippen LogP contribution < -0.4 is 0 Å². The molecule has 0 saturated heterocycles. The van der Waals surface area contributed by atoms with Gasteiger partial charge in [-0.1, -0.05) is 109 Å². The van der Waals surface area contributed by atoms with Crippen LogP contribution in [0.5, 0.6) is 0 Å². The molecule has 0 atom stereocenters. The monoisotopic (exact) mass is 355 g/mol. The lowest BCUT2D eigenvalue weighted by atomic mass is 9.74.